The number of phenolic OH excluding ortho intramolecular Hbond substituents is 3. The van der Waals surface area contributed by atoms with Gasteiger partial charge in [0.2, 0.25) is 0 Å². The normalized spacial score (nSPS) is 11.1. The zero-order valence-electron chi connectivity index (χ0n) is 9.04. The third kappa shape index (κ3) is 1.24. The van der Waals surface area contributed by atoms with E-state index in [1.807, 2.05) is 0 Å². The maximum absolute atomic E-state index is 11.7. The lowest BCUT2D eigenvalue weighted by molar-refractivity contribution is 0.398. The van der Waals surface area contributed by atoms with Crippen molar-refractivity contribution in [1.82, 2.24) is 0 Å². The Morgan fingerprint density at radius 2 is 1.61 bits per heavy atom. The number of phenols is 3. The molecule has 0 bridgehead atoms. The van der Waals surface area contributed by atoms with E-state index < -0.39 is 22.9 Å². The first-order valence-electron chi connectivity index (χ1n) is 5.19. The second-order valence-corrected chi connectivity index (χ2v) is 3.90. The fourth-order valence-electron chi connectivity index (χ4n) is 2.01. The van der Waals surface area contributed by atoms with Crippen LogP contribution in [-0.4, -0.2) is 15.3 Å². The van der Waals surface area contributed by atoms with E-state index >= 15 is 0 Å². The molecule has 18 heavy (non-hydrogen) atoms. The molecule has 0 saturated heterocycles. The molecule has 3 aromatic rings. The van der Waals surface area contributed by atoms with Gasteiger partial charge in [-0.25, -0.2) is 4.79 Å². The van der Waals surface area contributed by atoms with Gasteiger partial charge in [0.05, 0.1) is 10.8 Å². The van der Waals surface area contributed by atoms with Crippen LogP contribution in [0.15, 0.2) is 39.5 Å². The Labute approximate surface area is 100 Å². The predicted octanol–water partition coefficient (Wildman–Crippen LogP) is 2.06. The third-order valence-corrected chi connectivity index (χ3v) is 2.82. The highest BCUT2D eigenvalue weighted by molar-refractivity contribution is 6.10. The summed E-state index contributed by atoms with van der Waals surface area (Å²) in [7, 11) is 0. The van der Waals surface area contributed by atoms with Crippen molar-refractivity contribution >= 4 is 21.7 Å². The minimum atomic E-state index is -0.613. The predicted molar refractivity (Wildman–Crippen MR) is 65.0 cm³/mol. The smallest absolute Gasteiger partial charge is 0.344 e. The molecule has 0 atom stereocenters. The standard InChI is InChI=1S/C13H8O5/c14-8-5-9(15)12-10(11(8)16)6-3-1-2-4-7(6)13(17)18-12/h1-5,14-16H. The summed E-state index contributed by atoms with van der Waals surface area (Å²) in [5.74, 6) is -1.30. The molecule has 0 unspecified atom stereocenters. The molecular weight excluding hydrogens is 236 g/mol. The van der Waals surface area contributed by atoms with Gasteiger partial charge in [-0.1, -0.05) is 18.2 Å². The highest BCUT2D eigenvalue weighted by atomic mass is 16.4. The summed E-state index contributed by atoms with van der Waals surface area (Å²) >= 11 is 0. The summed E-state index contributed by atoms with van der Waals surface area (Å²) in [6.45, 7) is 0. The maximum atomic E-state index is 11.7. The Bertz CT molecular complexity index is 832. The van der Waals surface area contributed by atoms with E-state index in [-0.39, 0.29) is 16.4 Å². The summed E-state index contributed by atoms with van der Waals surface area (Å²) in [6, 6.07) is 7.41. The number of benzene rings is 2. The average molecular weight is 244 g/mol. The molecule has 1 heterocycles. The topological polar surface area (TPSA) is 90.9 Å². The fourth-order valence-corrected chi connectivity index (χ4v) is 2.01. The van der Waals surface area contributed by atoms with Crippen molar-refractivity contribution in [3.8, 4) is 17.2 Å². The lowest BCUT2D eigenvalue weighted by Crippen LogP contribution is -1.99. The number of hydrogen-bond donors (Lipinski definition) is 3. The van der Waals surface area contributed by atoms with Crippen molar-refractivity contribution in [2.45, 2.75) is 0 Å². The number of rotatable bonds is 0. The highest BCUT2D eigenvalue weighted by Crippen LogP contribution is 2.41. The van der Waals surface area contributed by atoms with Gasteiger partial charge in [-0.05, 0) is 6.07 Å². The van der Waals surface area contributed by atoms with E-state index in [1.165, 1.54) is 0 Å². The van der Waals surface area contributed by atoms with Crippen LogP contribution in [0.3, 0.4) is 0 Å². The van der Waals surface area contributed by atoms with Gasteiger partial charge < -0.3 is 19.7 Å². The van der Waals surface area contributed by atoms with Gasteiger partial charge in [-0.15, -0.1) is 0 Å². The first kappa shape index (κ1) is 10.5. The summed E-state index contributed by atoms with van der Waals surface area (Å²) in [5, 5.41) is 29.8. The summed E-state index contributed by atoms with van der Waals surface area (Å²) in [5.41, 5.74) is -0.757. The van der Waals surface area contributed by atoms with Crippen molar-refractivity contribution in [3.05, 3.63) is 40.8 Å². The van der Waals surface area contributed by atoms with E-state index in [1.54, 1.807) is 24.3 Å². The maximum Gasteiger partial charge on any atom is 0.344 e. The summed E-state index contributed by atoms with van der Waals surface area (Å²) in [6.07, 6.45) is 0. The highest BCUT2D eigenvalue weighted by Gasteiger charge is 2.17. The van der Waals surface area contributed by atoms with Gasteiger partial charge >= 0.3 is 5.63 Å². The van der Waals surface area contributed by atoms with E-state index in [0.29, 0.717) is 5.39 Å². The Kier molecular flexibility index (Phi) is 1.98. The molecule has 0 amide bonds. The minimum Gasteiger partial charge on any atom is -0.504 e. The Balaban J connectivity index is 2.74. The molecule has 0 fully saturated rings. The first-order chi connectivity index (χ1) is 8.59. The van der Waals surface area contributed by atoms with Crippen LogP contribution in [0.4, 0.5) is 0 Å². The molecule has 90 valence electrons. The zero-order chi connectivity index (χ0) is 12.9. The van der Waals surface area contributed by atoms with Crippen LogP contribution in [0, 0.1) is 0 Å². The molecule has 0 saturated carbocycles. The SMILES string of the molecule is O=c1oc2c(O)cc(O)c(O)c2c2ccccc12. The number of fused-ring (bicyclic) bond motifs is 3. The molecule has 0 spiro atoms. The largest absolute Gasteiger partial charge is 0.504 e. The third-order valence-electron chi connectivity index (χ3n) is 2.82. The molecule has 5 nitrogen and oxygen atoms in total. The van der Waals surface area contributed by atoms with Crippen LogP contribution in [-0.2, 0) is 0 Å². The second kappa shape index (κ2) is 3.40. The molecule has 5 heteroatoms. The lowest BCUT2D eigenvalue weighted by atomic mass is 10.1. The molecule has 3 rings (SSSR count). The van der Waals surface area contributed by atoms with Crippen LogP contribution in [0.5, 0.6) is 17.2 Å². The van der Waals surface area contributed by atoms with Crippen molar-refractivity contribution in [1.29, 1.82) is 0 Å². The summed E-state index contributed by atoms with van der Waals surface area (Å²) in [4.78, 5) is 11.7. The lowest BCUT2D eigenvalue weighted by Gasteiger charge is -2.07. The molecule has 0 aliphatic heterocycles. The Hall–Kier alpha value is -2.69. The van der Waals surface area contributed by atoms with Crippen LogP contribution in [0.1, 0.15) is 0 Å². The zero-order valence-corrected chi connectivity index (χ0v) is 9.04. The van der Waals surface area contributed by atoms with Gasteiger partial charge in [0.25, 0.3) is 0 Å². The van der Waals surface area contributed by atoms with Gasteiger partial charge in [0, 0.05) is 11.5 Å². The molecule has 1 aromatic heterocycles. The first-order valence-corrected chi connectivity index (χ1v) is 5.19. The molecule has 3 N–H and O–H groups in total. The van der Waals surface area contributed by atoms with E-state index in [0.717, 1.165) is 6.07 Å². The summed E-state index contributed by atoms with van der Waals surface area (Å²) < 4.78 is 4.96. The quantitative estimate of drug-likeness (QED) is 0.244. The molecule has 0 aliphatic rings. The fraction of sp³-hybridized carbons (Fsp3) is 0. The minimum absolute atomic E-state index is 0.114. The second-order valence-electron chi connectivity index (χ2n) is 3.90. The van der Waals surface area contributed by atoms with Crippen molar-refractivity contribution < 1.29 is 19.7 Å². The monoisotopic (exact) mass is 244 g/mol. The molecule has 2 aromatic carbocycles. The number of aromatic hydroxyl groups is 3. The molecular formula is C13H8O5. The van der Waals surface area contributed by atoms with Crippen LogP contribution < -0.4 is 5.63 Å². The molecule has 0 radical (unpaired) electrons. The average Bonchev–Trinajstić information content (AvgIpc) is 2.36. The van der Waals surface area contributed by atoms with Crippen LogP contribution >= 0.6 is 0 Å². The van der Waals surface area contributed by atoms with E-state index in [9.17, 15) is 20.1 Å². The Morgan fingerprint density at radius 1 is 0.944 bits per heavy atom. The van der Waals surface area contributed by atoms with Gasteiger partial charge in [0.15, 0.2) is 22.8 Å². The van der Waals surface area contributed by atoms with Gasteiger partial charge in [-0.3, -0.25) is 0 Å². The van der Waals surface area contributed by atoms with E-state index in [4.69, 9.17) is 4.42 Å². The van der Waals surface area contributed by atoms with Crippen molar-refractivity contribution in [2.75, 3.05) is 0 Å². The van der Waals surface area contributed by atoms with Gasteiger partial charge in [-0.2, -0.15) is 0 Å². The van der Waals surface area contributed by atoms with Crippen LogP contribution in [0.25, 0.3) is 21.7 Å². The van der Waals surface area contributed by atoms with Gasteiger partial charge in [0.1, 0.15) is 0 Å². The molecule has 0 aliphatic carbocycles. The van der Waals surface area contributed by atoms with Crippen molar-refractivity contribution in [3.63, 3.8) is 0 Å². The van der Waals surface area contributed by atoms with Crippen molar-refractivity contribution in [2.24, 2.45) is 0 Å². The van der Waals surface area contributed by atoms with Crippen LogP contribution in [0.2, 0.25) is 0 Å². The van der Waals surface area contributed by atoms with E-state index in [2.05, 4.69) is 0 Å². The Morgan fingerprint density at radius 3 is 2.33 bits per heavy atom. The number of hydrogen-bond acceptors (Lipinski definition) is 5.